The third-order valence-electron chi connectivity index (χ3n) is 23.3. The second kappa shape index (κ2) is 40.8. The van der Waals surface area contributed by atoms with Crippen molar-refractivity contribution in [3.05, 3.63) is 164 Å². The topological polar surface area (TPSA) is 584 Å². The first-order chi connectivity index (χ1) is 61.5. The summed E-state index contributed by atoms with van der Waals surface area (Å²) in [6.07, 6.45) is -15.6. The number of hydrogen-bond acceptors (Lipinski definition) is 29. The van der Waals surface area contributed by atoms with E-state index in [2.05, 4.69) is 61.7 Å². The fourth-order valence-corrected chi connectivity index (χ4v) is 16.9. The lowest BCUT2D eigenvalue weighted by Crippen LogP contribution is -2.66. The van der Waals surface area contributed by atoms with Gasteiger partial charge in [0, 0.05) is 48.8 Å². The zero-order valence-electron chi connectivity index (χ0n) is 70.3. The summed E-state index contributed by atoms with van der Waals surface area (Å²) in [4.78, 5) is 140. The lowest BCUT2D eigenvalue weighted by Gasteiger charge is -2.41. The summed E-state index contributed by atoms with van der Waals surface area (Å²) in [5.41, 5.74) is -3.08. The molecule has 0 radical (unpaired) electrons. The highest BCUT2D eigenvalue weighted by atomic mass is 35.5. The molecule has 40 heteroatoms. The highest BCUT2D eigenvalue weighted by Crippen LogP contribution is 2.51. The Labute approximate surface area is 748 Å². The van der Waals surface area contributed by atoms with Crippen LogP contribution in [0.5, 0.6) is 69.0 Å². The zero-order valence-corrected chi connectivity index (χ0v) is 71.9. The molecule has 19 atom stereocenters. The number of ether oxygens (including phenoxy) is 6. The van der Waals surface area contributed by atoms with Crippen molar-refractivity contribution >= 4 is 76.4 Å². The number of aromatic hydroxyl groups is 4. The third-order valence-corrected chi connectivity index (χ3v) is 23.9. The van der Waals surface area contributed by atoms with Crippen LogP contribution in [0.15, 0.2) is 115 Å². The molecule has 2 fully saturated rings. The van der Waals surface area contributed by atoms with Crippen molar-refractivity contribution in [2.24, 2.45) is 11.8 Å². The van der Waals surface area contributed by atoms with Crippen molar-refractivity contribution in [2.75, 3.05) is 40.8 Å². The van der Waals surface area contributed by atoms with Gasteiger partial charge in [0.15, 0.2) is 29.1 Å². The monoisotopic (exact) mass is 1830 g/mol. The number of unbranched alkanes of at least 4 members (excludes halogenated alkanes) is 5. The molecule has 8 aliphatic rings. The first kappa shape index (κ1) is 94.7. The molecular weight excluding hydrogens is 1730 g/mol. The van der Waals surface area contributed by atoms with Gasteiger partial charge >= 0.3 is 5.97 Å². The summed E-state index contributed by atoms with van der Waals surface area (Å²) < 4.78 is 38.8. The largest absolute Gasteiger partial charge is 0.508 e. The number of carbonyl (C=O) groups excluding carboxylic acids is 8. The minimum atomic E-state index is -2.48. The lowest BCUT2D eigenvalue weighted by molar-refractivity contribution is -0.241. The molecule has 38 nitrogen and oxygen atoms in total. The van der Waals surface area contributed by atoms with Crippen LogP contribution in [0.25, 0.3) is 11.1 Å². The number of likely N-dealkylation sites (N-methyl/N-ethyl adjacent to an activating group) is 1. The van der Waals surface area contributed by atoms with Crippen molar-refractivity contribution in [3.63, 3.8) is 0 Å². The molecule has 0 aromatic heterocycles. The number of nitrogens with one attached hydrogen (secondary N) is 9. The molecule has 7 heterocycles. The molecule has 15 rings (SSSR count). The second-order valence-corrected chi connectivity index (χ2v) is 34.1. The molecule has 1 aliphatic carbocycles. The number of benzene rings is 7. The van der Waals surface area contributed by atoms with Gasteiger partial charge in [0.05, 0.1) is 16.1 Å². The molecule has 1 saturated carbocycles. The summed E-state index contributed by atoms with van der Waals surface area (Å²) in [7, 11) is 4.91. The smallest absolute Gasteiger partial charge is 0.335 e. The number of carboxylic acid groups (broad SMARTS) is 1. The van der Waals surface area contributed by atoms with Crippen LogP contribution < -0.4 is 71.5 Å². The van der Waals surface area contributed by atoms with E-state index in [0.717, 1.165) is 123 Å². The number of carboxylic acids is 1. The predicted molar refractivity (Wildman–Crippen MR) is 457 cm³/mol. The van der Waals surface area contributed by atoms with Gasteiger partial charge in [-0.05, 0) is 171 Å². The molecule has 690 valence electrons. The molecular formula is C89H102Cl2N10O28. The average molecular weight is 1830 g/mol. The van der Waals surface area contributed by atoms with Crippen molar-refractivity contribution in [3.8, 4) is 80.1 Å². The van der Waals surface area contributed by atoms with Gasteiger partial charge in [-0.2, -0.15) is 0 Å². The maximum atomic E-state index is 16.8. The van der Waals surface area contributed by atoms with Crippen LogP contribution in [-0.4, -0.2) is 232 Å². The Morgan fingerprint density at radius 1 is 0.543 bits per heavy atom. The average Bonchev–Trinajstić information content (AvgIpc) is 0.759. The number of aliphatic carboxylic acids is 1. The third kappa shape index (κ3) is 21.3. The number of carbonyl (C=O) groups is 9. The summed E-state index contributed by atoms with van der Waals surface area (Å²) in [6.45, 7) is 3.83. The normalized spacial score (nSPS) is 26.3. The van der Waals surface area contributed by atoms with Crippen LogP contribution in [0.2, 0.25) is 10.0 Å². The molecule has 10 unspecified atom stereocenters. The number of amides is 8. The van der Waals surface area contributed by atoms with E-state index in [9.17, 15) is 80.8 Å². The van der Waals surface area contributed by atoms with Gasteiger partial charge in [-0.1, -0.05) is 99.8 Å². The zero-order chi connectivity index (χ0) is 92.8. The Morgan fingerprint density at radius 3 is 1.71 bits per heavy atom. The maximum absolute atomic E-state index is 16.8. The first-order valence-electron chi connectivity index (χ1n) is 42.0. The van der Waals surface area contributed by atoms with Crippen LogP contribution in [0.4, 0.5) is 0 Å². The van der Waals surface area contributed by atoms with E-state index in [4.69, 9.17) is 51.6 Å². The summed E-state index contributed by atoms with van der Waals surface area (Å²) in [6, 6.07) is 3.71. The number of halogens is 2. The molecule has 129 heavy (non-hydrogen) atoms. The Bertz CT molecular complexity index is 5400. The maximum Gasteiger partial charge on any atom is 0.335 e. The van der Waals surface area contributed by atoms with Gasteiger partial charge in [0.25, 0.3) is 0 Å². The highest BCUT2D eigenvalue weighted by Gasteiger charge is 2.52. The highest BCUT2D eigenvalue weighted by molar-refractivity contribution is 6.32. The van der Waals surface area contributed by atoms with E-state index in [1.54, 1.807) is 14.1 Å². The standard InChI is InChI=1S/C89H102Cl2N10O28/c1-38(2)13-10-8-6-7-9-11-14-62(107)94-71-76(112)78(114)80(88(122)123)129-89(71)128-79-60-31-44-32-61(79)126-56-22-18-42(29-52(56)91)73(109)70-87(121)98-68(81(115)93-23-12-24-101(4)5)50-35-47(104)36-58(127-59-33-45(37-102)74(110)77(113)75(59)111)63(50)49-27-39(15-19-53(49)105)65(83(117)100-70)95-85(119)67(44)96-84(118)66-43-25-46(103)34-48(26-43)124-57-30-40(16-20-54(57)106)64(92-3)82(116)99-69(86(120)97-66)72(108)41-17-21-55(125-60)51(90)28-41/h15-22,25-32,34-36,38,45,59,64-78,80,89,92,102-106,108-114H,6-14,23-24,33,37H2,1-5H3,(H,93,115)(H,94,107)(H,95,119)(H,96,118)(H,97,120)(H,98,121)(H,99,116)(H,100,117)(H,122,123)/t45?,59?,64-,65-,66+,67-,68+,69-,70+,71?,72-,73-,74?,75?,76?,77?,78?,80?,89?/m1/s1. The molecule has 17 bridgehead atoms. The Hall–Kier alpha value is -11.9. The summed E-state index contributed by atoms with van der Waals surface area (Å²) >= 11 is 14.5. The molecule has 7 aromatic rings. The fraction of sp³-hybridized carbons (Fsp3) is 0.427. The number of phenols is 4. The first-order valence-corrected chi connectivity index (χ1v) is 42.7. The predicted octanol–water partition coefficient (Wildman–Crippen LogP) is 4.32. The van der Waals surface area contributed by atoms with Gasteiger partial charge in [0.1, 0.15) is 131 Å². The van der Waals surface area contributed by atoms with E-state index in [1.807, 2.05) is 4.90 Å². The molecule has 7 aliphatic heterocycles. The SMILES string of the molecule is CN[C@H]1C(=O)N[C@H]2C(=O)N[C@H](C(=O)N[C@H]3C(=O)N[C@H]4C(=O)N[C@H](C(=O)N[C@H](C(=O)NCCCN(C)C)c5cc(O)cc(OC6CC(CO)C(O)C(O)C6O)c5-c5cc4ccc5O)[C@H](O)c4ccc(c(Cl)c4)Oc4cc3cc(c4OC3OC(C(=O)O)C(O)C(O)C3NC(=O)CCCCCCCCC(C)C)Oc3ccc(cc3Cl)[C@H]2O)c2cc(O)cc(c2)Oc2cc1ccc2O. The number of nitrogens with zero attached hydrogens (tertiary/aromatic N) is 1. The quantitative estimate of drug-likeness (QED) is 0.0420. The minimum absolute atomic E-state index is 0.0835. The van der Waals surface area contributed by atoms with Crippen molar-refractivity contribution < 1.29 is 138 Å². The number of fused-ring (bicyclic) bond motifs is 14. The minimum Gasteiger partial charge on any atom is -0.508 e. The van der Waals surface area contributed by atoms with E-state index >= 15 is 28.8 Å². The molecule has 0 spiro atoms. The van der Waals surface area contributed by atoms with Crippen molar-refractivity contribution in [2.45, 2.75) is 188 Å². The van der Waals surface area contributed by atoms with E-state index < -0.39 is 283 Å². The molecule has 22 N–H and O–H groups in total. The summed E-state index contributed by atoms with van der Waals surface area (Å²) in [5, 5.41) is 174. The van der Waals surface area contributed by atoms with Gasteiger partial charge in [-0.25, -0.2) is 4.79 Å². The Kier molecular flexibility index (Phi) is 30.0. The number of aliphatic hydroxyl groups is 8. The van der Waals surface area contributed by atoms with Gasteiger partial charge in [-0.15, -0.1) is 0 Å². The van der Waals surface area contributed by atoms with Crippen LogP contribution in [0.1, 0.15) is 159 Å². The van der Waals surface area contributed by atoms with Crippen molar-refractivity contribution in [1.29, 1.82) is 0 Å². The summed E-state index contributed by atoms with van der Waals surface area (Å²) in [5.74, 6) is -19.4. The van der Waals surface area contributed by atoms with Gasteiger partial charge in [0.2, 0.25) is 59.3 Å². The van der Waals surface area contributed by atoms with Gasteiger partial charge < -0.3 is 148 Å². The second-order valence-electron chi connectivity index (χ2n) is 33.3. The van der Waals surface area contributed by atoms with E-state index in [-0.39, 0.29) is 41.2 Å². The van der Waals surface area contributed by atoms with Gasteiger partial charge in [-0.3, -0.25) is 38.4 Å². The molecule has 1 saturated heterocycles. The number of aliphatic hydroxyl groups excluding tert-OH is 8. The lowest BCUT2D eigenvalue weighted by atomic mass is 9.81. The number of phenolic OH excluding ortho intramolecular Hbond substituents is 4. The number of hydrogen-bond donors (Lipinski definition) is 22. The number of rotatable bonds is 22. The van der Waals surface area contributed by atoms with Crippen LogP contribution in [-0.2, 0) is 47.9 Å². The van der Waals surface area contributed by atoms with Crippen LogP contribution in [0.3, 0.4) is 0 Å². The molecule has 7 aromatic carbocycles. The van der Waals surface area contributed by atoms with Crippen molar-refractivity contribution in [1.82, 2.24) is 52.8 Å². The van der Waals surface area contributed by atoms with Crippen LogP contribution >= 0.6 is 23.2 Å². The Morgan fingerprint density at radius 2 is 1.10 bits per heavy atom. The Balaban J connectivity index is 1.05. The van der Waals surface area contributed by atoms with E-state index in [0.29, 0.717) is 31.7 Å². The van der Waals surface area contributed by atoms with Crippen LogP contribution in [0, 0.1) is 11.8 Å². The van der Waals surface area contributed by atoms with E-state index in [1.165, 1.54) is 31.3 Å². The molecule has 8 amide bonds. The fourth-order valence-electron chi connectivity index (χ4n) is 16.4.